The highest BCUT2D eigenvalue weighted by atomic mass is 16.5. The summed E-state index contributed by atoms with van der Waals surface area (Å²) in [6, 6.07) is 0. The normalized spacial score (nSPS) is 26.5. The van der Waals surface area contributed by atoms with Gasteiger partial charge in [0.2, 0.25) is 0 Å². The van der Waals surface area contributed by atoms with Gasteiger partial charge in [0.05, 0.1) is 18.3 Å². The summed E-state index contributed by atoms with van der Waals surface area (Å²) in [6.45, 7) is 6.08. The Kier molecular flexibility index (Phi) is 3.09. The van der Waals surface area contributed by atoms with E-state index in [4.69, 9.17) is 4.74 Å². The van der Waals surface area contributed by atoms with Gasteiger partial charge in [-0.05, 0) is 27.3 Å². The Morgan fingerprint density at radius 3 is 2.67 bits per heavy atom. The maximum absolute atomic E-state index is 9.41. The Balaban J connectivity index is 2.16. The SMILES string of the molecule is CN1CCC(OCC(C)(C)O)C1. The van der Waals surface area contributed by atoms with Crippen molar-refractivity contribution >= 4 is 0 Å². The van der Waals surface area contributed by atoms with E-state index in [1.807, 2.05) is 0 Å². The van der Waals surface area contributed by atoms with Gasteiger partial charge >= 0.3 is 0 Å². The molecule has 3 nitrogen and oxygen atoms in total. The van der Waals surface area contributed by atoms with Gasteiger partial charge in [-0.3, -0.25) is 0 Å². The lowest BCUT2D eigenvalue weighted by molar-refractivity contribution is -0.0488. The first-order chi connectivity index (χ1) is 5.47. The summed E-state index contributed by atoms with van der Waals surface area (Å²) in [5.41, 5.74) is -0.693. The highest BCUT2D eigenvalue weighted by molar-refractivity contribution is 4.74. The van der Waals surface area contributed by atoms with E-state index in [9.17, 15) is 5.11 Å². The van der Waals surface area contributed by atoms with E-state index in [-0.39, 0.29) is 0 Å². The second-order valence-corrected chi connectivity index (χ2v) is 4.30. The van der Waals surface area contributed by atoms with Crippen LogP contribution in [0.4, 0.5) is 0 Å². The van der Waals surface area contributed by atoms with Crippen molar-refractivity contribution in [1.29, 1.82) is 0 Å². The molecule has 1 aliphatic heterocycles. The zero-order chi connectivity index (χ0) is 9.19. The van der Waals surface area contributed by atoms with E-state index < -0.39 is 5.60 Å². The van der Waals surface area contributed by atoms with E-state index in [1.54, 1.807) is 13.8 Å². The number of likely N-dealkylation sites (N-methyl/N-ethyl adjacent to an activating group) is 1. The first-order valence-corrected chi connectivity index (χ1v) is 4.50. The molecular weight excluding hydrogens is 154 g/mol. The van der Waals surface area contributed by atoms with Crippen LogP contribution in [0, 0.1) is 0 Å². The van der Waals surface area contributed by atoms with E-state index >= 15 is 0 Å². The van der Waals surface area contributed by atoms with Crippen molar-refractivity contribution in [2.24, 2.45) is 0 Å². The number of aliphatic hydroxyl groups is 1. The molecule has 1 aliphatic rings. The lowest BCUT2D eigenvalue weighted by atomic mass is 10.1. The fourth-order valence-corrected chi connectivity index (χ4v) is 1.35. The van der Waals surface area contributed by atoms with E-state index in [2.05, 4.69) is 11.9 Å². The fraction of sp³-hybridized carbons (Fsp3) is 1.00. The maximum atomic E-state index is 9.41. The summed E-state index contributed by atoms with van der Waals surface area (Å²) in [6.07, 6.45) is 1.41. The standard InChI is InChI=1S/C9H19NO2/c1-9(2,11)7-12-8-4-5-10(3)6-8/h8,11H,4-7H2,1-3H3. The molecule has 12 heavy (non-hydrogen) atoms. The van der Waals surface area contributed by atoms with Crippen molar-refractivity contribution < 1.29 is 9.84 Å². The molecule has 0 bridgehead atoms. The molecule has 3 heteroatoms. The monoisotopic (exact) mass is 173 g/mol. The largest absolute Gasteiger partial charge is 0.388 e. The van der Waals surface area contributed by atoms with Gasteiger partial charge in [-0.1, -0.05) is 0 Å². The zero-order valence-electron chi connectivity index (χ0n) is 8.21. The third kappa shape index (κ3) is 3.52. The summed E-state index contributed by atoms with van der Waals surface area (Å²) in [4.78, 5) is 2.25. The van der Waals surface area contributed by atoms with Gasteiger partial charge in [-0.2, -0.15) is 0 Å². The summed E-state index contributed by atoms with van der Waals surface area (Å²) >= 11 is 0. The molecule has 72 valence electrons. The lowest BCUT2D eigenvalue weighted by Gasteiger charge is -2.20. The molecule has 0 aromatic carbocycles. The first kappa shape index (κ1) is 9.96. The average molecular weight is 173 g/mol. The quantitative estimate of drug-likeness (QED) is 0.673. The third-order valence-corrected chi connectivity index (χ3v) is 2.02. The minimum Gasteiger partial charge on any atom is -0.388 e. The van der Waals surface area contributed by atoms with Crippen LogP contribution < -0.4 is 0 Å². The smallest absolute Gasteiger partial charge is 0.0824 e. The highest BCUT2D eigenvalue weighted by Crippen LogP contribution is 2.12. The molecule has 0 spiro atoms. The predicted octanol–water partition coefficient (Wildman–Crippen LogP) is 0.478. The maximum Gasteiger partial charge on any atom is 0.0824 e. The molecular formula is C9H19NO2. The fourth-order valence-electron chi connectivity index (χ4n) is 1.35. The van der Waals surface area contributed by atoms with Crippen molar-refractivity contribution in [3.63, 3.8) is 0 Å². The molecule has 1 fully saturated rings. The Morgan fingerprint density at radius 2 is 2.25 bits per heavy atom. The van der Waals surface area contributed by atoms with Crippen molar-refractivity contribution in [3.05, 3.63) is 0 Å². The van der Waals surface area contributed by atoms with Crippen LogP contribution in [-0.4, -0.2) is 48.5 Å². The van der Waals surface area contributed by atoms with Gasteiger partial charge < -0.3 is 14.7 Å². The number of likely N-dealkylation sites (tertiary alicyclic amines) is 1. The highest BCUT2D eigenvalue weighted by Gasteiger charge is 2.22. The van der Waals surface area contributed by atoms with Crippen LogP contribution in [0.2, 0.25) is 0 Å². The van der Waals surface area contributed by atoms with Gasteiger partial charge in [0, 0.05) is 13.1 Å². The second-order valence-electron chi connectivity index (χ2n) is 4.30. The summed E-state index contributed by atoms with van der Waals surface area (Å²) in [7, 11) is 2.09. The van der Waals surface area contributed by atoms with E-state index in [0.29, 0.717) is 12.7 Å². The van der Waals surface area contributed by atoms with E-state index in [0.717, 1.165) is 19.5 Å². The molecule has 1 N–H and O–H groups in total. The Bertz CT molecular complexity index is 142. The van der Waals surface area contributed by atoms with Crippen molar-refractivity contribution in [1.82, 2.24) is 4.90 Å². The average Bonchev–Trinajstić information content (AvgIpc) is 2.30. The molecule has 0 amide bonds. The molecule has 1 saturated heterocycles. The molecule has 0 aromatic heterocycles. The molecule has 0 saturated carbocycles. The Hall–Kier alpha value is -0.120. The number of rotatable bonds is 3. The van der Waals surface area contributed by atoms with Crippen LogP contribution in [0.1, 0.15) is 20.3 Å². The van der Waals surface area contributed by atoms with E-state index in [1.165, 1.54) is 0 Å². The Morgan fingerprint density at radius 1 is 1.58 bits per heavy atom. The molecule has 1 rings (SSSR count). The topological polar surface area (TPSA) is 32.7 Å². The number of nitrogens with zero attached hydrogens (tertiary/aromatic N) is 1. The summed E-state index contributed by atoms with van der Waals surface area (Å²) < 4.78 is 5.55. The van der Waals surface area contributed by atoms with Gasteiger partial charge in [0.25, 0.3) is 0 Å². The van der Waals surface area contributed by atoms with Crippen LogP contribution in [-0.2, 0) is 4.74 Å². The van der Waals surface area contributed by atoms with Crippen LogP contribution in [0.5, 0.6) is 0 Å². The second kappa shape index (κ2) is 3.73. The van der Waals surface area contributed by atoms with Crippen LogP contribution in [0.3, 0.4) is 0 Å². The van der Waals surface area contributed by atoms with Crippen molar-refractivity contribution in [2.45, 2.75) is 32.0 Å². The van der Waals surface area contributed by atoms with Crippen molar-refractivity contribution in [3.8, 4) is 0 Å². The van der Waals surface area contributed by atoms with Crippen LogP contribution in [0.25, 0.3) is 0 Å². The summed E-state index contributed by atoms with van der Waals surface area (Å²) in [5.74, 6) is 0. The molecule has 0 aliphatic carbocycles. The third-order valence-electron chi connectivity index (χ3n) is 2.02. The van der Waals surface area contributed by atoms with Gasteiger partial charge in [0.15, 0.2) is 0 Å². The molecule has 0 radical (unpaired) electrons. The Labute approximate surface area is 74.3 Å². The molecule has 1 unspecified atom stereocenters. The van der Waals surface area contributed by atoms with Gasteiger partial charge in [-0.15, -0.1) is 0 Å². The summed E-state index contributed by atoms with van der Waals surface area (Å²) in [5, 5.41) is 9.41. The zero-order valence-corrected chi connectivity index (χ0v) is 8.21. The van der Waals surface area contributed by atoms with Gasteiger partial charge in [-0.25, -0.2) is 0 Å². The number of hydrogen-bond donors (Lipinski definition) is 1. The number of hydrogen-bond acceptors (Lipinski definition) is 3. The number of ether oxygens (including phenoxy) is 1. The van der Waals surface area contributed by atoms with Crippen molar-refractivity contribution in [2.75, 3.05) is 26.7 Å². The van der Waals surface area contributed by atoms with Crippen LogP contribution in [0.15, 0.2) is 0 Å². The predicted molar refractivity (Wildman–Crippen MR) is 48.2 cm³/mol. The molecule has 1 heterocycles. The minimum absolute atomic E-state index is 0.321. The first-order valence-electron chi connectivity index (χ1n) is 4.50. The minimum atomic E-state index is -0.693. The van der Waals surface area contributed by atoms with Crippen LogP contribution >= 0.6 is 0 Å². The lowest BCUT2D eigenvalue weighted by Crippen LogP contribution is -2.30. The van der Waals surface area contributed by atoms with Gasteiger partial charge in [0.1, 0.15) is 0 Å². The molecule has 0 aromatic rings. The molecule has 1 atom stereocenters.